The van der Waals surface area contributed by atoms with Crippen molar-refractivity contribution in [3.05, 3.63) is 34.9 Å². The topological polar surface area (TPSA) is 34.1 Å². The molecule has 1 aromatic carbocycles. The van der Waals surface area contributed by atoms with Crippen molar-refractivity contribution in [3.63, 3.8) is 0 Å². The van der Waals surface area contributed by atoms with E-state index in [4.69, 9.17) is 11.6 Å². The average molecular weight is 265 g/mol. The number of sulfone groups is 1. The zero-order valence-corrected chi connectivity index (χ0v) is 10.8. The van der Waals surface area contributed by atoms with Crippen LogP contribution in [0, 0.1) is 0 Å². The van der Waals surface area contributed by atoms with Gasteiger partial charge < -0.3 is 0 Å². The minimum atomic E-state index is -2.83. The first-order chi connectivity index (χ1) is 6.97. The molecule has 0 atom stereocenters. The van der Waals surface area contributed by atoms with E-state index < -0.39 is 9.84 Å². The summed E-state index contributed by atoms with van der Waals surface area (Å²) >= 11 is 7.36. The summed E-state index contributed by atoms with van der Waals surface area (Å²) in [6.07, 6.45) is 1.26. The maximum atomic E-state index is 10.9. The van der Waals surface area contributed by atoms with Crippen LogP contribution in [0.2, 0.25) is 5.02 Å². The van der Waals surface area contributed by atoms with Gasteiger partial charge in [-0.25, -0.2) is 8.42 Å². The van der Waals surface area contributed by atoms with Gasteiger partial charge in [-0.3, -0.25) is 0 Å². The quantitative estimate of drug-likeness (QED) is 0.767. The predicted molar refractivity (Wildman–Crippen MR) is 67.3 cm³/mol. The van der Waals surface area contributed by atoms with Gasteiger partial charge in [0.05, 0.1) is 5.75 Å². The number of hydrogen-bond donors (Lipinski definition) is 0. The Hall–Kier alpha value is -0.190. The van der Waals surface area contributed by atoms with E-state index in [0.29, 0.717) is 5.75 Å². The van der Waals surface area contributed by atoms with Crippen LogP contribution in [0.1, 0.15) is 5.56 Å². The van der Waals surface area contributed by atoms with Gasteiger partial charge in [-0.15, -0.1) is 0 Å². The summed E-state index contributed by atoms with van der Waals surface area (Å²) in [5, 5.41) is 0.722. The summed E-state index contributed by atoms with van der Waals surface area (Å²) < 4.78 is 21.7. The molecule has 0 amide bonds. The third-order valence-corrected chi connectivity index (χ3v) is 4.27. The molecule has 0 N–H and O–H groups in total. The molecule has 0 heterocycles. The van der Waals surface area contributed by atoms with Crippen LogP contribution < -0.4 is 0 Å². The summed E-state index contributed by atoms with van der Waals surface area (Å²) in [6.45, 7) is 0. The average Bonchev–Trinajstić information content (AvgIpc) is 2.14. The Morgan fingerprint density at radius 2 is 1.87 bits per heavy atom. The van der Waals surface area contributed by atoms with E-state index in [1.54, 1.807) is 11.8 Å². The molecule has 84 valence electrons. The molecule has 0 unspecified atom stereocenters. The second-order valence-corrected chi connectivity index (χ2v) is 7.11. The van der Waals surface area contributed by atoms with Crippen molar-refractivity contribution in [1.82, 2.24) is 0 Å². The molecule has 5 heteroatoms. The Morgan fingerprint density at radius 1 is 1.27 bits per heavy atom. The first-order valence-electron chi connectivity index (χ1n) is 4.47. The van der Waals surface area contributed by atoms with Gasteiger partial charge in [0.25, 0.3) is 0 Å². The maximum Gasteiger partial charge on any atom is 0.148 e. The summed E-state index contributed by atoms with van der Waals surface area (Å²) in [5.41, 5.74) is 1.16. The van der Waals surface area contributed by atoms with Gasteiger partial charge in [-0.05, 0) is 17.7 Å². The van der Waals surface area contributed by atoms with Crippen LogP contribution in [0.15, 0.2) is 24.3 Å². The largest absolute Gasteiger partial charge is 0.229 e. The van der Waals surface area contributed by atoms with E-state index >= 15 is 0 Å². The monoisotopic (exact) mass is 264 g/mol. The van der Waals surface area contributed by atoms with Gasteiger partial charge in [-0.2, -0.15) is 11.8 Å². The lowest BCUT2D eigenvalue weighted by Crippen LogP contribution is -2.05. The van der Waals surface area contributed by atoms with Crippen molar-refractivity contribution < 1.29 is 8.42 Å². The normalized spacial score (nSPS) is 11.6. The molecule has 1 rings (SSSR count). The minimum Gasteiger partial charge on any atom is -0.229 e. The van der Waals surface area contributed by atoms with Crippen LogP contribution in [0.4, 0.5) is 0 Å². The number of hydrogen-bond acceptors (Lipinski definition) is 3. The van der Waals surface area contributed by atoms with Crippen molar-refractivity contribution in [2.75, 3.05) is 17.8 Å². The van der Waals surface area contributed by atoms with Crippen molar-refractivity contribution in [2.45, 2.75) is 5.75 Å². The molecule has 0 aliphatic carbocycles. The highest BCUT2D eigenvalue weighted by Gasteiger charge is 2.01. The Labute approximate surface area is 99.9 Å². The van der Waals surface area contributed by atoms with Gasteiger partial charge in [0.2, 0.25) is 0 Å². The summed E-state index contributed by atoms with van der Waals surface area (Å²) in [6, 6.07) is 7.59. The van der Waals surface area contributed by atoms with Crippen molar-refractivity contribution >= 4 is 33.2 Å². The lowest BCUT2D eigenvalue weighted by Gasteiger charge is -2.01. The molecule has 0 aliphatic rings. The third-order valence-electron chi connectivity index (χ3n) is 1.78. The summed E-state index contributed by atoms with van der Waals surface area (Å²) in [4.78, 5) is 0. The molecule has 0 bridgehead atoms. The second kappa shape index (κ2) is 5.77. The number of benzene rings is 1. The van der Waals surface area contributed by atoms with E-state index in [1.807, 2.05) is 24.3 Å². The molecule has 0 fully saturated rings. The SMILES string of the molecule is CS(=O)(=O)CCSCc1ccc(Cl)cc1. The highest BCUT2D eigenvalue weighted by molar-refractivity contribution is 7.99. The Kier molecular flexibility index (Phi) is 4.96. The van der Waals surface area contributed by atoms with Crippen LogP contribution >= 0.6 is 23.4 Å². The van der Waals surface area contributed by atoms with Crippen molar-refractivity contribution in [1.29, 1.82) is 0 Å². The molecule has 0 saturated heterocycles. The molecule has 0 aliphatic heterocycles. The van der Waals surface area contributed by atoms with Crippen LogP contribution in [0.3, 0.4) is 0 Å². The van der Waals surface area contributed by atoms with Crippen LogP contribution in [-0.2, 0) is 15.6 Å². The molecule has 0 saturated carbocycles. The Bertz CT molecular complexity index is 398. The van der Waals surface area contributed by atoms with Crippen LogP contribution in [0.25, 0.3) is 0 Å². The van der Waals surface area contributed by atoms with Crippen molar-refractivity contribution in [3.8, 4) is 0 Å². The molecular formula is C10H13ClO2S2. The lowest BCUT2D eigenvalue weighted by atomic mass is 10.2. The number of rotatable bonds is 5. The second-order valence-electron chi connectivity index (χ2n) is 3.31. The fourth-order valence-electron chi connectivity index (χ4n) is 0.981. The highest BCUT2D eigenvalue weighted by Crippen LogP contribution is 2.15. The number of thioether (sulfide) groups is 1. The fraction of sp³-hybridized carbons (Fsp3) is 0.400. The molecule has 15 heavy (non-hydrogen) atoms. The maximum absolute atomic E-state index is 10.9. The van der Waals surface area contributed by atoms with E-state index in [-0.39, 0.29) is 5.75 Å². The van der Waals surface area contributed by atoms with Gasteiger partial charge in [0.15, 0.2) is 0 Å². The smallest absolute Gasteiger partial charge is 0.148 e. The van der Waals surface area contributed by atoms with Gasteiger partial charge in [0.1, 0.15) is 9.84 Å². The minimum absolute atomic E-state index is 0.241. The first kappa shape index (κ1) is 12.9. The first-order valence-corrected chi connectivity index (χ1v) is 8.06. The summed E-state index contributed by atoms with van der Waals surface area (Å²) in [7, 11) is -2.83. The zero-order valence-electron chi connectivity index (χ0n) is 8.44. The number of halogens is 1. The van der Waals surface area contributed by atoms with E-state index in [2.05, 4.69) is 0 Å². The molecule has 2 nitrogen and oxygen atoms in total. The van der Waals surface area contributed by atoms with Gasteiger partial charge >= 0.3 is 0 Å². The van der Waals surface area contributed by atoms with Gasteiger partial charge in [0, 0.05) is 22.8 Å². The lowest BCUT2D eigenvalue weighted by molar-refractivity contribution is 0.603. The van der Waals surface area contributed by atoms with E-state index in [0.717, 1.165) is 16.3 Å². The molecule has 0 spiro atoms. The molecule has 1 aromatic rings. The Morgan fingerprint density at radius 3 is 2.40 bits per heavy atom. The fourth-order valence-corrected chi connectivity index (χ4v) is 3.36. The summed E-state index contributed by atoms with van der Waals surface area (Å²) in [5.74, 6) is 1.71. The van der Waals surface area contributed by atoms with Crippen LogP contribution in [-0.4, -0.2) is 26.2 Å². The molecule has 0 aromatic heterocycles. The van der Waals surface area contributed by atoms with E-state index in [9.17, 15) is 8.42 Å². The van der Waals surface area contributed by atoms with Gasteiger partial charge in [-0.1, -0.05) is 23.7 Å². The zero-order chi connectivity index (χ0) is 11.3. The van der Waals surface area contributed by atoms with Crippen LogP contribution in [0.5, 0.6) is 0 Å². The highest BCUT2D eigenvalue weighted by atomic mass is 35.5. The standard InChI is InChI=1S/C10H13ClO2S2/c1-15(12,13)7-6-14-8-9-2-4-10(11)5-3-9/h2-5H,6-8H2,1H3. The predicted octanol–water partition coefficient (Wildman–Crippen LogP) is 2.62. The Balaban J connectivity index is 2.29. The van der Waals surface area contributed by atoms with Crippen molar-refractivity contribution in [2.24, 2.45) is 0 Å². The third kappa shape index (κ3) is 6.07. The van der Waals surface area contributed by atoms with E-state index in [1.165, 1.54) is 6.26 Å². The molecular weight excluding hydrogens is 252 g/mol. The molecule has 0 radical (unpaired) electrons.